The average Bonchev–Trinajstić information content (AvgIpc) is 3.56. The number of carbonyl (C=O) groups excluding carboxylic acids is 2. The molecule has 1 fully saturated rings. The van der Waals surface area contributed by atoms with Crippen LogP contribution in [0.25, 0.3) is 0 Å². The molecule has 1 aliphatic carbocycles. The summed E-state index contributed by atoms with van der Waals surface area (Å²) in [4.78, 5) is 26.6. The molecule has 1 N–H and O–H groups in total. The summed E-state index contributed by atoms with van der Waals surface area (Å²) < 4.78 is 0. The Morgan fingerprint density at radius 2 is 1.57 bits per heavy atom. The second-order valence-corrected chi connectivity index (χ2v) is 7.63. The smallest absolute Gasteiger partial charge is 0.251 e. The van der Waals surface area contributed by atoms with E-state index in [9.17, 15) is 9.59 Å². The highest BCUT2D eigenvalue weighted by molar-refractivity contribution is 5.93. The number of rotatable bonds is 9. The molecule has 3 rings (SSSR count). The molecule has 0 heterocycles. The van der Waals surface area contributed by atoms with E-state index >= 15 is 0 Å². The van der Waals surface area contributed by atoms with Crippen LogP contribution in [0, 0.1) is 0 Å². The normalized spacial score (nSPS) is 13.2. The van der Waals surface area contributed by atoms with E-state index in [2.05, 4.69) is 36.5 Å². The molecule has 0 aliphatic heterocycles. The minimum absolute atomic E-state index is 0.0935. The summed E-state index contributed by atoms with van der Waals surface area (Å²) in [6.45, 7) is 2.80. The first-order chi connectivity index (χ1) is 13.6. The number of nitrogens with one attached hydrogen (secondary N) is 1. The minimum atomic E-state index is -0.0935. The summed E-state index contributed by atoms with van der Waals surface area (Å²) in [5, 5.41) is 2.63. The maximum Gasteiger partial charge on any atom is 0.251 e. The number of unbranched alkanes of at least 4 members (excludes halogenated alkanes) is 1. The molecule has 28 heavy (non-hydrogen) atoms. The number of benzene rings is 2. The van der Waals surface area contributed by atoms with Gasteiger partial charge in [0, 0.05) is 25.2 Å². The zero-order valence-corrected chi connectivity index (χ0v) is 16.9. The van der Waals surface area contributed by atoms with Crippen molar-refractivity contribution in [3.63, 3.8) is 0 Å². The van der Waals surface area contributed by atoms with Crippen LogP contribution in [0.4, 0.5) is 0 Å². The molecule has 0 bridgehead atoms. The van der Waals surface area contributed by atoms with Crippen molar-refractivity contribution in [2.45, 2.75) is 58.0 Å². The van der Waals surface area contributed by atoms with Gasteiger partial charge in [0.05, 0.1) is 6.42 Å². The summed E-state index contributed by atoms with van der Waals surface area (Å²) >= 11 is 0. The van der Waals surface area contributed by atoms with Gasteiger partial charge in [-0.05, 0) is 54.5 Å². The van der Waals surface area contributed by atoms with Gasteiger partial charge in [0.2, 0.25) is 5.91 Å². The Balaban J connectivity index is 1.62. The van der Waals surface area contributed by atoms with Crippen molar-refractivity contribution >= 4 is 11.8 Å². The summed E-state index contributed by atoms with van der Waals surface area (Å²) in [6.07, 6.45) is 6.11. The van der Waals surface area contributed by atoms with Crippen molar-refractivity contribution in [2.75, 3.05) is 7.05 Å². The quantitative estimate of drug-likeness (QED) is 0.713. The highest BCUT2D eigenvalue weighted by Gasteiger charge is 2.32. The molecule has 0 unspecified atom stereocenters. The molecule has 2 aromatic carbocycles. The standard InChI is InChI=1S/C24H30N2O2/c1-3-4-5-18-6-8-19(9-7-18)16-23(27)26(22-14-15-22)17-20-10-12-21(13-11-20)24(28)25-2/h6-13,22H,3-5,14-17H2,1-2H3,(H,25,28). The fourth-order valence-corrected chi connectivity index (χ4v) is 3.39. The van der Waals surface area contributed by atoms with Crippen molar-refractivity contribution < 1.29 is 9.59 Å². The molecule has 0 radical (unpaired) electrons. The molecular weight excluding hydrogens is 348 g/mol. The van der Waals surface area contributed by atoms with Gasteiger partial charge >= 0.3 is 0 Å². The van der Waals surface area contributed by atoms with E-state index < -0.39 is 0 Å². The van der Waals surface area contributed by atoms with Gasteiger partial charge in [-0.3, -0.25) is 9.59 Å². The van der Waals surface area contributed by atoms with Crippen LogP contribution in [0.5, 0.6) is 0 Å². The lowest BCUT2D eigenvalue weighted by Gasteiger charge is -2.23. The minimum Gasteiger partial charge on any atom is -0.355 e. The Hall–Kier alpha value is -2.62. The van der Waals surface area contributed by atoms with Crippen LogP contribution in [-0.2, 0) is 24.2 Å². The van der Waals surface area contributed by atoms with Gasteiger partial charge < -0.3 is 10.2 Å². The van der Waals surface area contributed by atoms with Crippen LogP contribution in [0.15, 0.2) is 48.5 Å². The first-order valence-corrected chi connectivity index (χ1v) is 10.3. The summed E-state index contributed by atoms with van der Waals surface area (Å²) in [5.74, 6) is 0.0863. The molecule has 1 saturated carbocycles. The fraction of sp³-hybridized carbons (Fsp3) is 0.417. The topological polar surface area (TPSA) is 49.4 Å². The number of hydrogen-bond donors (Lipinski definition) is 1. The fourth-order valence-electron chi connectivity index (χ4n) is 3.39. The van der Waals surface area contributed by atoms with E-state index in [1.54, 1.807) is 7.05 Å². The molecular formula is C24H30N2O2. The van der Waals surface area contributed by atoms with E-state index in [0.29, 0.717) is 24.6 Å². The predicted molar refractivity (Wildman–Crippen MR) is 112 cm³/mol. The van der Waals surface area contributed by atoms with Crippen LogP contribution in [0.3, 0.4) is 0 Å². The maximum atomic E-state index is 12.9. The molecule has 0 atom stereocenters. The van der Waals surface area contributed by atoms with Crippen molar-refractivity contribution in [1.29, 1.82) is 0 Å². The number of amides is 2. The Bertz CT molecular complexity index is 792. The Morgan fingerprint density at radius 3 is 2.14 bits per heavy atom. The van der Waals surface area contributed by atoms with Crippen LogP contribution in [0.2, 0.25) is 0 Å². The van der Waals surface area contributed by atoms with Gasteiger partial charge in [0.25, 0.3) is 5.91 Å². The van der Waals surface area contributed by atoms with E-state index in [0.717, 1.165) is 30.4 Å². The molecule has 4 heteroatoms. The van der Waals surface area contributed by atoms with Gasteiger partial charge in [-0.1, -0.05) is 49.7 Å². The van der Waals surface area contributed by atoms with E-state index in [-0.39, 0.29) is 11.8 Å². The third-order valence-corrected chi connectivity index (χ3v) is 5.30. The third-order valence-electron chi connectivity index (χ3n) is 5.30. The van der Waals surface area contributed by atoms with Gasteiger partial charge in [0.15, 0.2) is 0 Å². The average molecular weight is 379 g/mol. The molecule has 0 aromatic heterocycles. The van der Waals surface area contributed by atoms with E-state index in [4.69, 9.17) is 0 Å². The lowest BCUT2D eigenvalue weighted by molar-refractivity contribution is -0.131. The Labute approximate surface area is 167 Å². The Morgan fingerprint density at radius 1 is 0.964 bits per heavy atom. The van der Waals surface area contributed by atoms with Crippen LogP contribution in [0.1, 0.15) is 59.7 Å². The van der Waals surface area contributed by atoms with Gasteiger partial charge in [0.1, 0.15) is 0 Å². The highest BCUT2D eigenvalue weighted by Crippen LogP contribution is 2.29. The van der Waals surface area contributed by atoms with Gasteiger partial charge in [-0.25, -0.2) is 0 Å². The van der Waals surface area contributed by atoms with Crippen molar-refractivity contribution in [1.82, 2.24) is 10.2 Å². The van der Waals surface area contributed by atoms with Gasteiger partial charge in [-0.15, -0.1) is 0 Å². The number of hydrogen-bond acceptors (Lipinski definition) is 2. The van der Waals surface area contributed by atoms with E-state index in [1.807, 2.05) is 29.2 Å². The number of nitrogens with zero attached hydrogens (tertiary/aromatic N) is 1. The van der Waals surface area contributed by atoms with Crippen LogP contribution >= 0.6 is 0 Å². The lowest BCUT2D eigenvalue weighted by Crippen LogP contribution is -2.33. The molecule has 4 nitrogen and oxygen atoms in total. The monoisotopic (exact) mass is 378 g/mol. The summed E-state index contributed by atoms with van der Waals surface area (Å²) in [5.41, 5.74) is 4.11. The third kappa shape index (κ3) is 5.44. The Kier molecular flexibility index (Phi) is 6.85. The zero-order valence-electron chi connectivity index (χ0n) is 16.9. The lowest BCUT2D eigenvalue weighted by atomic mass is 10.0. The van der Waals surface area contributed by atoms with Crippen LogP contribution < -0.4 is 5.32 Å². The van der Waals surface area contributed by atoms with Crippen molar-refractivity contribution in [3.05, 3.63) is 70.8 Å². The second-order valence-electron chi connectivity index (χ2n) is 7.63. The van der Waals surface area contributed by atoms with Gasteiger partial charge in [-0.2, -0.15) is 0 Å². The largest absolute Gasteiger partial charge is 0.355 e. The van der Waals surface area contributed by atoms with Crippen molar-refractivity contribution in [2.24, 2.45) is 0 Å². The predicted octanol–water partition coefficient (Wildman–Crippen LogP) is 4.12. The molecule has 2 aromatic rings. The van der Waals surface area contributed by atoms with E-state index in [1.165, 1.54) is 18.4 Å². The molecule has 2 amide bonds. The second kappa shape index (κ2) is 9.54. The molecule has 1 aliphatic rings. The SMILES string of the molecule is CCCCc1ccc(CC(=O)N(Cc2ccc(C(=O)NC)cc2)C2CC2)cc1. The number of aryl methyl sites for hydroxylation is 1. The maximum absolute atomic E-state index is 12.9. The van der Waals surface area contributed by atoms with Crippen molar-refractivity contribution in [3.8, 4) is 0 Å². The zero-order chi connectivity index (χ0) is 19.9. The first-order valence-electron chi connectivity index (χ1n) is 10.3. The molecule has 0 spiro atoms. The molecule has 148 valence electrons. The highest BCUT2D eigenvalue weighted by atomic mass is 16.2. The summed E-state index contributed by atoms with van der Waals surface area (Å²) in [7, 11) is 1.63. The first kappa shape index (κ1) is 20.1. The van der Waals surface area contributed by atoms with Crippen LogP contribution in [-0.4, -0.2) is 29.8 Å². The summed E-state index contributed by atoms with van der Waals surface area (Å²) in [6, 6.07) is 16.4. The number of carbonyl (C=O) groups is 2. The molecule has 0 saturated heterocycles.